The molecule has 1 saturated carbocycles. The van der Waals surface area contributed by atoms with E-state index < -0.39 is 0 Å². The molecule has 2 fully saturated rings. The first-order valence-electron chi connectivity index (χ1n) is 7.70. The number of nitrogens with zero attached hydrogens (tertiary/aromatic N) is 3. The third-order valence-corrected chi connectivity index (χ3v) is 4.78. The summed E-state index contributed by atoms with van der Waals surface area (Å²) in [6.07, 6.45) is 4.48. The Morgan fingerprint density at radius 3 is 2.57 bits per heavy atom. The molecule has 130 valence electrons. The minimum atomic E-state index is -0.0608. The maximum absolute atomic E-state index is 12.0. The summed E-state index contributed by atoms with van der Waals surface area (Å²) in [5.74, 6) is 2.32. The number of anilines is 1. The smallest absolute Gasteiger partial charge is 0.254 e. The first-order chi connectivity index (χ1) is 10.1. The molecule has 1 aliphatic heterocycles. The van der Waals surface area contributed by atoms with Crippen molar-refractivity contribution in [1.29, 1.82) is 0 Å². The Bertz CT molecular complexity index is 527. The van der Waals surface area contributed by atoms with Crippen LogP contribution in [-0.4, -0.2) is 56.1 Å². The molecular weight excluding hydrogens is 335 g/mol. The van der Waals surface area contributed by atoms with Gasteiger partial charge in [-0.1, -0.05) is 0 Å². The average Bonchev–Trinajstić information content (AvgIpc) is 3.24. The van der Waals surface area contributed by atoms with Gasteiger partial charge in [0.05, 0.1) is 5.56 Å². The van der Waals surface area contributed by atoms with Gasteiger partial charge < -0.3 is 15.1 Å². The van der Waals surface area contributed by atoms with E-state index in [-0.39, 0.29) is 30.7 Å². The number of pyridine rings is 1. The molecule has 1 saturated heterocycles. The highest BCUT2D eigenvalue weighted by molar-refractivity contribution is 5.98. The van der Waals surface area contributed by atoms with Gasteiger partial charge >= 0.3 is 0 Å². The van der Waals surface area contributed by atoms with Crippen LogP contribution in [0.25, 0.3) is 0 Å². The minimum Gasteiger partial charge on any atom is -0.355 e. The molecule has 0 aromatic carbocycles. The molecule has 1 aromatic rings. The van der Waals surface area contributed by atoms with Crippen molar-refractivity contribution in [2.75, 3.05) is 39.1 Å². The molecule has 0 unspecified atom stereocenters. The van der Waals surface area contributed by atoms with Crippen LogP contribution in [0, 0.1) is 11.8 Å². The SMILES string of the molecule is CNC(=O)c1cccnc1N1C[C@H](C2CC2)[C@@H](N(C)C)C1.Cl.Cl. The van der Waals surface area contributed by atoms with Gasteiger partial charge in [-0.05, 0) is 50.9 Å². The first-order valence-corrected chi connectivity index (χ1v) is 7.70. The summed E-state index contributed by atoms with van der Waals surface area (Å²) in [5.41, 5.74) is 0.675. The summed E-state index contributed by atoms with van der Waals surface area (Å²) in [6, 6.07) is 4.24. The van der Waals surface area contributed by atoms with E-state index in [1.807, 2.05) is 12.1 Å². The Labute approximate surface area is 150 Å². The summed E-state index contributed by atoms with van der Waals surface area (Å²) in [5, 5.41) is 2.71. The lowest BCUT2D eigenvalue weighted by Crippen LogP contribution is -2.36. The second kappa shape index (κ2) is 8.18. The van der Waals surface area contributed by atoms with Crippen molar-refractivity contribution < 1.29 is 4.79 Å². The Hall–Kier alpha value is -1.04. The maximum atomic E-state index is 12.0. The molecule has 2 atom stereocenters. The Balaban J connectivity index is 0.00000132. The molecule has 1 aliphatic carbocycles. The van der Waals surface area contributed by atoms with E-state index in [2.05, 4.69) is 34.2 Å². The van der Waals surface area contributed by atoms with Crippen LogP contribution in [0.1, 0.15) is 23.2 Å². The largest absolute Gasteiger partial charge is 0.355 e. The lowest BCUT2D eigenvalue weighted by Gasteiger charge is -2.24. The van der Waals surface area contributed by atoms with Crippen LogP contribution in [0.15, 0.2) is 18.3 Å². The summed E-state index contributed by atoms with van der Waals surface area (Å²) >= 11 is 0. The molecule has 0 bridgehead atoms. The van der Waals surface area contributed by atoms with Gasteiger partial charge in [0.15, 0.2) is 0 Å². The normalized spacial score (nSPS) is 23.2. The van der Waals surface area contributed by atoms with E-state index in [0.717, 1.165) is 24.8 Å². The molecule has 2 aliphatic rings. The molecule has 0 spiro atoms. The molecule has 7 heteroatoms. The number of hydrogen-bond donors (Lipinski definition) is 1. The van der Waals surface area contributed by atoms with E-state index in [1.54, 1.807) is 13.2 Å². The summed E-state index contributed by atoms with van der Waals surface area (Å²) in [7, 11) is 5.97. The highest BCUT2D eigenvalue weighted by Gasteiger charge is 2.44. The molecule has 2 heterocycles. The fraction of sp³-hybridized carbons (Fsp3) is 0.625. The molecule has 1 aromatic heterocycles. The van der Waals surface area contributed by atoms with Crippen LogP contribution < -0.4 is 10.2 Å². The topological polar surface area (TPSA) is 48.5 Å². The van der Waals surface area contributed by atoms with Crippen LogP contribution in [0.3, 0.4) is 0 Å². The third-order valence-electron chi connectivity index (χ3n) is 4.78. The number of carbonyl (C=O) groups excluding carboxylic acids is 1. The van der Waals surface area contributed by atoms with Gasteiger partial charge in [-0.2, -0.15) is 0 Å². The maximum Gasteiger partial charge on any atom is 0.254 e. The zero-order chi connectivity index (χ0) is 15.0. The van der Waals surface area contributed by atoms with Gasteiger partial charge in [-0.25, -0.2) is 4.98 Å². The molecule has 1 N–H and O–H groups in total. The van der Waals surface area contributed by atoms with Crippen LogP contribution in [-0.2, 0) is 0 Å². The van der Waals surface area contributed by atoms with Crippen LogP contribution >= 0.6 is 24.8 Å². The van der Waals surface area contributed by atoms with Gasteiger partial charge in [0, 0.05) is 32.4 Å². The van der Waals surface area contributed by atoms with Gasteiger partial charge in [0.2, 0.25) is 0 Å². The number of rotatable bonds is 4. The lowest BCUT2D eigenvalue weighted by atomic mass is 9.97. The van der Waals surface area contributed by atoms with Gasteiger partial charge in [-0.3, -0.25) is 4.79 Å². The van der Waals surface area contributed by atoms with Crippen molar-refractivity contribution >= 4 is 36.5 Å². The molecule has 3 rings (SSSR count). The number of aromatic nitrogens is 1. The highest BCUT2D eigenvalue weighted by Crippen LogP contribution is 2.43. The number of hydrogen-bond acceptors (Lipinski definition) is 4. The van der Waals surface area contributed by atoms with Crippen molar-refractivity contribution in [2.45, 2.75) is 18.9 Å². The third kappa shape index (κ3) is 4.08. The van der Waals surface area contributed by atoms with E-state index in [0.29, 0.717) is 17.5 Å². The molecule has 5 nitrogen and oxygen atoms in total. The summed E-state index contributed by atoms with van der Waals surface area (Å²) < 4.78 is 0. The monoisotopic (exact) mass is 360 g/mol. The number of nitrogens with one attached hydrogen (secondary N) is 1. The van der Waals surface area contributed by atoms with E-state index >= 15 is 0 Å². The summed E-state index contributed by atoms with van der Waals surface area (Å²) in [4.78, 5) is 21.1. The second-order valence-electron chi connectivity index (χ2n) is 6.39. The van der Waals surface area contributed by atoms with Gasteiger partial charge in [0.25, 0.3) is 5.91 Å². The first kappa shape index (κ1) is 20.0. The Kier molecular flexibility index (Phi) is 7.11. The zero-order valence-electron chi connectivity index (χ0n) is 13.9. The fourth-order valence-electron chi connectivity index (χ4n) is 3.48. The van der Waals surface area contributed by atoms with Crippen molar-refractivity contribution in [3.63, 3.8) is 0 Å². The predicted molar refractivity (Wildman–Crippen MR) is 98.0 cm³/mol. The standard InChI is InChI=1S/C16H24N4O.2ClH/c1-17-16(21)12-5-4-8-18-15(12)20-9-13(11-6-7-11)14(10-20)19(2)3;;/h4-5,8,11,13-14H,6-7,9-10H2,1-3H3,(H,17,21);2*1H/t13-,14+;;/m1../s1. The average molecular weight is 361 g/mol. The lowest BCUT2D eigenvalue weighted by molar-refractivity contribution is 0.0963. The number of likely N-dealkylation sites (N-methyl/N-ethyl adjacent to an activating group) is 1. The number of amides is 1. The molecule has 1 amide bonds. The van der Waals surface area contributed by atoms with Crippen molar-refractivity contribution in [1.82, 2.24) is 15.2 Å². The zero-order valence-corrected chi connectivity index (χ0v) is 15.5. The highest BCUT2D eigenvalue weighted by atomic mass is 35.5. The van der Waals surface area contributed by atoms with E-state index in [9.17, 15) is 4.79 Å². The van der Waals surface area contributed by atoms with Crippen molar-refractivity contribution in [2.24, 2.45) is 11.8 Å². The molecule has 0 radical (unpaired) electrons. The van der Waals surface area contributed by atoms with Crippen molar-refractivity contribution in [3.8, 4) is 0 Å². The minimum absolute atomic E-state index is 0. The Morgan fingerprint density at radius 1 is 1.30 bits per heavy atom. The van der Waals surface area contributed by atoms with Gasteiger partial charge in [-0.15, -0.1) is 24.8 Å². The van der Waals surface area contributed by atoms with Gasteiger partial charge in [0.1, 0.15) is 5.82 Å². The molecular formula is C16H26Cl2N4O. The molecule has 23 heavy (non-hydrogen) atoms. The van der Waals surface area contributed by atoms with E-state index in [1.165, 1.54) is 12.8 Å². The summed E-state index contributed by atoms with van der Waals surface area (Å²) in [6.45, 7) is 1.96. The van der Waals surface area contributed by atoms with Crippen LogP contribution in [0.5, 0.6) is 0 Å². The fourth-order valence-corrected chi connectivity index (χ4v) is 3.48. The van der Waals surface area contributed by atoms with Crippen molar-refractivity contribution in [3.05, 3.63) is 23.9 Å². The quantitative estimate of drug-likeness (QED) is 0.892. The second-order valence-corrected chi connectivity index (χ2v) is 6.39. The van der Waals surface area contributed by atoms with E-state index in [4.69, 9.17) is 0 Å². The van der Waals surface area contributed by atoms with Crippen LogP contribution in [0.4, 0.5) is 5.82 Å². The number of halogens is 2. The number of carbonyl (C=O) groups is 1. The predicted octanol–water partition coefficient (Wildman–Crippen LogP) is 2.06. The van der Waals surface area contributed by atoms with Crippen LogP contribution in [0.2, 0.25) is 0 Å². The Morgan fingerprint density at radius 2 is 2.00 bits per heavy atom.